The standard InChI is InChI=1S/C25H28FNO6/c1-14-6-8-15(9-7-14)21(28)20-18(22(29)30)10-16(11-19(20)26)25(5,32)17-12-27(13-17)23(31)33-24(2,3)4/h6-11,17,32H,12-13H2,1-5H3,(H,29,30). The number of carbonyl (C=O) groups is 3. The van der Waals surface area contributed by atoms with Crippen LogP contribution in [0.5, 0.6) is 0 Å². The number of halogens is 1. The molecule has 8 heteroatoms. The number of likely N-dealkylation sites (tertiary alicyclic amines) is 1. The Morgan fingerprint density at radius 2 is 1.64 bits per heavy atom. The van der Waals surface area contributed by atoms with Crippen LogP contribution in [-0.4, -0.2) is 51.6 Å². The first kappa shape index (κ1) is 24.4. The SMILES string of the molecule is Cc1ccc(C(=O)c2c(F)cc(C(C)(O)C3CN(C(=O)OC(C)(C)C)C3)cc2C(=O)O)cc1. The van der Waals surface area contributed by atoms with Gasteiger partial charge in [-0.1, -0.05) is 29.8 Å². The Morgan fingerprint density at radius 3 is 2.15 bits per heavy atom. The van der Waals surface area contributed by atoms with E-state index in [0.29, 0.717) is 0 Å². The Labute approximate surface area is 191 Å². The van der Waals surface area contributed by atoms with Gasteiger partial charge in [0.2, 0.25) is 0 Å². The van der Waals surface area contributed by atoms with Crippen molar-refractivity contribution < 1.29 is 33.7 Å². The van der Waals surface area contributed by atoms with Gasteiger partial charge in [0.15, 0.2) is 5.78 Å². The van der Waals surface area contributed by atoms with Crippen molar-refractivity contribution in [1.29, 1.82) is 0 Å². The number of aryl methyl sites for hydroxylation is 1. The van der Waals surface area contributed by atoms with Gasteiger partial charge < -0.3 is 19.8 Å². The van der Waals surface area contributed by atoms with Gasteiger partial charge in [0.05, 0.1) is 16.7 Å². The number of hydrogen-bond acceptors (Lipinski definition) is 5. The van der Waals surface area contributed by atoms with Gasteiger partial charge in [-0.15, -0.1) is 0 Å². The summed E-state index contributed by atoms with van der Waals surface area (Å²) in [7, 11) is 0. The third kappa shape index (κ3) is 5.06. The first-order valence-corrected chi connectivity index (χ1v) is 10.6. The fraction of sp³-hybridized carbons (Fsp3) is 0.400. The van der Waals surface area contributed by atoms with E-state index in [1.165, 1.54) is 24.0 Å². The van der Waals surface area contributed by atoms with Crippen LogP contribution in [0.3, 0.4) is 0 Å². The average Bonchev–Trinajstić information content (AvgIpc) is 2.64. The van der Waals surface area contributed by atoms with Gasteiger partial charge in [-0.05, 0) is 52.3 Å². The number of ether oxygens (including phenoxy) is 1. The molecular weight excluding hydrogens is 429 g/mol. The fourth-order valence-corrected chi connectivity index (χ4v) is 3.69. The Balaban J connectivity index is 1.89. The van der Waals surface area contributed by atoms with E-state index in [4.69, 9.17) is 4.74 Å². The normalized spacial score (nSPS) is 16.0. The van der Waals surface area contributed by atoms with Crippen LogP contribution in [-0.2, 0) is 10.3 Å². The zero-order chi connectivity index (χ0) is 24.7. The summed E-state index contributed by atoms with van der Waals surface area (Å²) in [6.45, 7) is 8.83. The second-order valence-corrected chi connectivity index (χ2v) is 9.61. The minimum absolute atomic E-state index is 0.0201. The number of aliphatic hydroxyl groups is 1. The molecule has 1 saturated heterocycles. The molecule has 1 atom stereocenters. The second kappa shape index (κ2) is 8.59. The van der Waals surface area contributed by atoms with Crippen LogP contribution < -0.4 is 0 Å². The Hall–Kier alpha value is -3.26. The molecular formula is C25H28FNO6. The summed E-state index contributed by atoms with van der Waals surface area (Å²) >= 11 is 0. The lowest BCUT2D eigenvalue weighted by molar-refractivity contribution is -0.0816. The molecule has 7 nitrogen and oxygen atoms in total. The van der Waals surface area contributed by atoms with E-state index in [1.54, 1.807) is 32.9 Å². The van der Waals surface area contributed by atoms with E-state index in [9.17, 15) is 24.6 Å². The van der Waals surface area contributed by atoms with Crippen molar-refractivity contribution in [2.45, 2.75) is 45.8 Å². The summed E-state index contributed by atoms with van der Waals surface area (Å²) in [5.41, 5.74) is -2.30. The maximum Gasteiger partial charge on any atom is 0.410 e. The van der Waals surface area contributed by atoms with Crippen molar-refractivity contribution in [2.75, 3.05) is 13.1 Å². The van der Waals surface area contributed by atoms with Crippen molar-refractivity contribution >= 4 is 17.8 Å². The molecule has 0 bridgehead atoms. The van der Waals surface area contributed by atoms with Gasteiger partial charge in [-0.2, -0.15) is 0 Å². The van der Waals surface area contributed by atoms with Crippen LogP contribution in [0, 0.1) is 18.7 Å². The van der Waals surface area contributed by atoms with E-state index in [1.807, 2.05) is 6.92 Å². The molecule has 33 heavy (non-hydrogen) atoms. The quantitative estimate of drug-likeness (QED) is 0.654. The number of carboxylic acid groups (broad SMARTS) is 1. The number of benzene rings is 2. The summed E-state index contributed by atoms with van der Waals surface area (Å²) < 4.78 is 20.4. The van der Waals surface area contributed by atoms with E-state index in [2.05, 4.69) is 0 Å². The highest BCUT2D eigenvalue weighted by atomic mass is 19.1. The molecule has 2 N–H and O–H groups in total. The molecule has 1 aliphatic rings. The van der Waals surface area contributed by atoms with Crippen LogP contribution in [0.25, 0.3) is 0 Å². The van der Waals surface area contributed by atoms with E-state index in [-0.39, 0.29) is 24.2 Å². The zero-order valence-electron chi connectivity index (χ0n) is 19.3. The topological polar surface area (TPSA) is 104 Å². The third-order valence-corrected chi connectivity index (χ3v) is 5.77. The molecule has 2 aromatic rings. The van der Waals surface area contributed by atoms with Crippen molar-refractivity contribution in [3.63, 3.8) is 0 Å². The molecule has 1 aliphatic heterocycles. The van der Waals surface area contributed by atoms with E-state index >= 15 is 4.39 Å². The predicted molar refractivity (Wildman–Crippen MR) is 119 cm³/mol. The molecule has 0 saturated carbocycles. The maximum atomic E-state index is 15.1. The molecule has 1 fully saturated rings. The number of amides is 1. The van der Waals surface area contributed by atoms with Crippen molar-refractivity contribution in [3.8, 4) is 0 Å². The molecule has 3 rings (SSSR count). The highest BCUT2D eigenvalue weighted by Gasteiger charge is 2.45. The number of nitrogens with zero attached hydrogens (tertiary/aromatic N) is 1. The van der Waals surface area contributed by atoms with Crippen LogP contribution in [0.15, 0.2) is 36.4 Å². The maximum absolute atomic E-state index is 15.1. The molecule has 1 heterocycles. The highest BCUT2D eigenvalue weighted by molar-refractivity contribution is 6.14. The Bertz CT molecular complexity index is 1100. The smallest absolute Gasteiger partial charge is 0.410 e. The second-order valence-electron chi connectivity index (χ2n) is 9.61. The zero-order valence-corrected chi connectivity index (χ0v) is 19.3. The monoisotopic (exact) mass is 457 g/mol. The van der Waals surface area contributed by atoms with Gasteiger partial charge in [0.1, 0.15) is 11.4 Å². The molecule has 0 spiro atoms. The molecule has 1 unspecified atom stereocenters. The van der Waals surface area contributed by atoms with Crippen LogP contribution >= 0.6 is 0 Å². The van der Waals surface area contributed by atoms with Gasteiger partial charge in [0.25, 0.3) is 0 Å². The number of hydrogen-bond donors (Lipinski definition) is 2. The summed E-state index contributed by atoms with van der Waals surface area (Å²) in [5.74, 6) is -3.73. The van der Waals surface area contributed by atoms with Gasteiger partial charge >= 0.3 is 12.1 Å². The fourth-order valence-electron chi connectivity index (χ4n) is 3.69. The summed E-state index contributed by atoms with van der Waals surface area (Å²) in [4.78, 5) is 38.4. The molecule has 176 valence electrons. The first-order valence-electron chi connectivity index (χ1n) is 10.6. The molecule has 2 aromatic carbocycles. The van der Waals surface area contributed by atoms with Crippen LogP contribution in [0.4, 0.5) is 9.18 Å². The molecule has 0 aromatic heterocycles. The Kier molecular flexibility index (Phi) is 6.35. The number of carbonyl (C=O) groups excluding carboxylic acids is 2. The predicted octanol–water partition coefficient (Wildman–Crippen LogP) is 4.14. The molecule has 1 amide bonds. The minimum atomic E-state index is -1.63. The number of rotatable bonds is 5. The lowest BCUT2D eigenvalue weighted by atomic mass is 9.77. The Morgan fingerprint density at radius 1 is 1.06 bits per heavy atom. The van der Waals surface area contributed by atoms with E-state index < -0.39 is 51.9 Å². The molecule has 0 aliphatic carbocycles. The highest BCUT2D eigenvalue weighted by Crippen LogP contribution is 2.38. The largest absolute Gasteiger partial charge is 0.478 e. The number of aromatic carboxylic acids is 1. The van der Waals surface area contributed by atoms with Gasteiger partial charge in [-0.3, -0.25) is 4.79 Å². The minimum Gasteiger partial charge on any atom is -0.478 e. The van der Waals surface area contributed by atoms with Crippen LogP contribution in [0.1, 0.15) is 65.1 Å². The van der Waals surface area contributed by atoms with Crippen molar-refractivity contribution in [1.82, 2.24) is 4.90 Å². The molecule has 0 radical (unpaired) electrons. The number of ketones is 1. The first-order chi connectivity index (χ1) is 15.2. The third-order valence-electron chi connectivity index (χ3n) is 5.77. The van der Waals surface area contributed by atoms with Crippen LogP contribution in [0.2, 0.25) is 0 Å². The van der Waals surface area contributed by atoms with Crippen molar-refractivity contribution in [2.24, 2.45) is 5.92 Å². The van der Waals surface area contributed by atoms with E-state index in [0.717, 1.165) is 17.7 Å². The lowest BCUT2D eigenvalue weighted by Gasteiger charge is -2.46. The van der Waals surface area contributed by atoms with Gasteiger partial charge in [0, 0.05) is 24.6 Å². The average molecular weight is 457 g/mol. The lowest BCUT2D eigenvalue weighted by Crippen LogP contribution is -2.58. The summed E-state index contributed by atoms with van der Waals surface area (Å²) in [5, 5.41) is 20.8. The number of carboxylic acids is 1. The summed E-state index contributed by atoms with van der Waals surface area (Å²) in [6.07, 6.45) is -0.522. The van der Waals surface area contributed by atoms with Gasteiger partial charge in [-0.25, -0.2) is 14.0 Å². The summed E-state index contributed by atoms with van der Waals surface area (Å²) in [6, 6.07) is 8.49. The van der Waals surface area contributed by atoms with Crippen molar-refractivity contribution in [3.05, 3.63) is 70.0 Å².